The predicted octanol–water partition coefficient (Wildman–Crippen LogP) is 2.40. The first-order chi connectivity index (χ1) is 11.0. The lowest BCUT2D eigenvalue weighted by Gasteiger charge is -2.30. The lowest BCUT2D eigenvalue weighted by molar-refractivity contribution is -0.142. The second-order valence-corrected chi connectivity index (χ2v) is 7.00. The van der Waals surface area contributed by atoms with Gasteiger partial charge in [0.05, 0.1) is 0 Å². The van der Waals surface area contributed by atoms with Crippen molar-refractivity contribution in [2.24, 2.45) is 0 Å². The normalized spacial score (nSPS) is 19.6. The van der Waals surface area contributed by atoms with Crippen LogP contribution in [0.2, 0.25) is 0 Å². The second-order valence-electron chi connectivity index (χ2n) is 5.51. The molecule has 1 N–H and O–H groups in total. The highest BCUT2D eigenvalue weighted by Crippen LogP contribution is 2.26. The lowest BCUT2D eigenvalue weighted by atomic mass is 10.1. The number of nitrogens with zero attached hydrogens (tertiary/aromatic N) is 1. The highest BCUT2D eigenvalue weighted by atomic mass is 32.2. The maximum absolute atomic E-state index is 12.4. The molecule has 1 unspecified atom stereocenters. The summed E-state index contributed by atoms with van der Waals surface area (Å²) in [4.78, 5) is 11.3. The van der Waals surface area contributed by atoms with Gasteiger partial charge in [0, 0.05) is 6.54 Å². The van der Waals surface area contributed by atoms with Crippen molar-refractivity contribution in [3.8, 4) is 5.75 Å². The van der Waals surface area contributed by atoms with Gasteiger partial charge >= 0.3 is 16.3 Å². The third kappa shape index (κ3) is 3.30. The van der Waals surface area contributed by atoms with Crippen LogP contribution in [0.3, 0.4) is 0 Å². The molecule has 2 aromatic rings. The Hall–Kier alpha value is -2.12. The Morgan fingerprint density at radius 2 is 1.87 bits per heavy atom. The molecule has 23 heavy (non-hydrogen) atoms. The summed E-state index contributed by atoms with van der Waals surface area (Å²) in [6.07, 6.45) is 1.62. The Kier molecular flexibility index (Phi) is 4.23. The van der Waals surface area contributed by atoms with Crippen LogP contribution in [0.5, 0.6) is 5.75 Å². The molecule has 1 fully saturated rings. The van der Waals surface area contributed by atoms with E-state index >= 15 is 0 Å². The fraction of sp³-hybridized carbons (Fsp3) is 0.312. The first-order valence-corrected chi connectivity index (χ1v) is 8.77. The van der Waals surface area contributed by atoms with Gasteiger partial charge in [-0.15, -0.1) is 0 Å². The van der Waals surface area contributed by atoms with Crippen LogP contribution in [0.1, 0.15) is 19.3 Å². The number of hydrogen-bond donors (Lipinski definition) is 1. The van der Waals surface area contributed by atoms with Gasteiger partial charge in [0.25, 0.3) is 0 Å². The monoisotopic (exact) mass is 335 g/mol. The summed E-state index contributed by atoms with van der Waals surface area (Å²) in [5, 5.41) is 11.0. The van der Waals surface area contributed by atoms with E-state index in [0.717, 1.165) is 15.1 Å². The van der Waals surface area contributed by atoms with Gasteiger partial charge in [0.15, 0.2) is 0 Å². The molecule has 1 heterocycles. The fourth-order valence-electron chi connectivity index (χ4n) is 2.81. The molecule has 7 heteroatoms. The summed E-state index contributed by atoms with van der Waals surface area (Å²) < 4.78 is 31.0. The van der Waals surface area contributed by atoms with Crippen molar-refractivity contribution in [1.82, 2.24) is 4.31 Å². The molecular formula is C16H17NO5S. The van der Waals surface area contributed by atoms with Crippen molar-refractivity contribution in [1.29, 1.82) is 0 Å². The van der Waals surface area contributed by atoms with Gasteiger partial charge < -0.3 is 9.29 Å². The van der Waals surface area contributed by atoms with Gasteiger partial charge in [-0.2, -0.15) is 12.7 Å². The SMILES string of the molecule is O=C(O)C1CCCCN1S(=O)(=O)Oc1ccc2ccccc2c1. The Bertz CT molecular complexity index is 833. The molecular weight excluding hydrogens is 318 g/mol. The number of piperidine rings is 1. The maximum atomic E-state index is 12.4. The highest BCUT2D eigenvalue weighted by molar-refractivity contribution is 7.84. The molecule has 2 aromatic carbocycles. The van der Waals surface area contributed by atoms with E-state index in [1.807, 2.05) is 24.3 Å². The number of rotatable bonds is 4. The van der Waals surface area contributed by atoms with E-state index in [0.29, 0.717) is 19.3 Å². The zero-order valence-corrected chi connectivity index (χ0v) is 13.2. The third-order valence-electron chi connectivity index (χ3n) is 3.95. The minimum atomic E-state index is -4.15. The smallest absolute Gasteiger partial charge is 0.385 e. The summed E-state index contributed by atoms with van der Waals surface area (Å²) in [5.74, 6) is -0.964. The van der Waals surface area contributed by atoms with Crippen molar-refractivity contribution in [3.05, 3.63) is 42.5 Å². The number of carboxylic acid groups (broad SMARTS) is 1. The second kappa shape index (κ2) is 6.17. The minimum absolute atomic E-state index is 0.160. The summed E-state index contributed by atoms with van der Waals surface area (Å²) >= 11 is 0. The summed E-state index contributed by atoms with van der Waals surface area (Å²) in [5.41, 5.74) is 0. The molecule has 0 spiro atoms. The summed E-state index contributed by atoms with van der Waals surface area (Å²) in [7, 11) is -4.15. The third-order valence-corrected chi connectivity index (χ3v) is 5.36. The van der Waals surface area contributed by atoms with Gasteiger partial charge in [-0.3, -0.25) is 4.79 Å². The predicted molar refractivity (Wildman–Crippen MR) is 85.5 cm³/mol. The molecule has 1 aliphatic rings. The zero-order valence-electron chi connectivity index (χ0n) is 12.4. The molecule has 6 nitrogen and oxygen atoms in total. The number of carbonyl (C=O) groups is 1. The quantitative estimate of drug-likeness (QED) is 0.927. The van der Waals surface area contributed by atoms with Crippen molar-refractivity contribution >= 4 is 27.0 Å². The Morgan fingerprint density at radius 3 is 2.61 bits per heavy atom. The number of fused-ring (bicyclic) bond motifs is 1. The lowest BCUT2D eigenvalue weighted by Crippen LogP contribution is -2.49. The van der Waals surface area contributed by atoms with Gasteiger partial charge in [0.1, 0.15) is 11.8 Å². The van der Waals surface area contributed by atoms with E-state index in [-0.39, 0.29) is 12.3 Å². The average Bonchev–Trinajstić information content (AvgIpc) is 2.54. The minimum Gasteiger partial charge on any atom is -0.480 e. The molecule has 0 bridgehead atoms. The Labute approximate surface area is 134 Å². The number of carboxylic acids is 1. The molecule has 0 aromatic heterocycles. The fourth-order valence-corrected chi connectivity index (χ4v) is 4.11. The van der Waals surface area contributed by atoms with Crippen LogP contribution in [0.4, 0.5) is 0 Å². The molecule has 3 rings (SSSR count). The van der Waals surface area contributed by atoms with Crippen LogP contribution < -0.4 is 4.18 Å². The van der Waals surface area contributed by atoms with Crippen LogP contribution in [0.25, 0.3) is 10.8 Å². The van der Waals surface area contributed by atoms with Crippen molar-refractivity contribution in [2.45, 2.75) is 25.3 Å². The molecule has 1 atom stereocenters. The van der Waals surface area contributed by atoms with E-state index in [9.17, 15) is 18.3 Å². The summed E-state index contributed by atoms with van der Waals surface area (Å²) in [6, 6.07) is 11.4. The maximum Gasteiger partial charge on any atom is 0.385 e. The number of benzene rings is 2. The zero-order chi connectivity index (χ0) is 16.4. The first kappa shape index (κ1) is 15.8. The number of aliphatic carboxylic acids is 1. The molecule has 122 valence electrons. The Balaban J connectivity index is 1.88. The van der Waals surface area contributed by atoms with Crippen molar-refractivity contribution in [2.75, 3.05) is 6.54 Å². The summed E-state index contributed by atoms with van der Waals surface area (Å²) in [6.45, 7) is 0.160. The van der Waals surface area contributed by atoms with Gasteiger partial charge in [-0.25, -0.2) is 0 Å². The van der Waals surface area contributed by atoms with Crippen LogP contribution in [0, 0.1) is 0 Å². The first-order valence-electron chi connectivity index (χ1n) is 7.40. The topological polar surface area (TPSA) is 83.9 Å². The van der Waals surface area contributed by atoms with Crippen LogP contribution in [-0.2, 0) is 15.1 Å². The van der Waals surface area contributed by atoms with Crippen molar-refractivity contribution in [3.63, 3.8) is 0 Å². The van der Waals surface area contributed by atoms with Gasteiger partial charge in [0.2, 0.25) is 0 Å². The van der Waals surface area contributed by atoms with E-state index < -0.39 is 22.3 Å². The average molecular weight is 335 g/mol. The van der Waals surface area contributed by atoms with E-state index in [1.54, 1.807) is 18.2 Å². The standard InChI is InChI=1S/C16H17NO5S/c18-16(19)15-7-3-4-10-17(15)23(20,21)22-14-9-8-12-5-1-2-6-13(12)11-14/h1-2,5-6,8-9,11,15H,3-4,7,10H2,(H,18,19). The highest BCUT2D eigenvalue weighted by Gasteiger charge is 2.38. The van der Waals surface area contributed by atoms with Gasteiger partial charge in [-0.1, -0.05) is 30.3 Å². The Morgan fingerprint density at radius 1 is 1.13 bits per heavy atom. The van der Waals surface area contributed by atoms with E-state index in [2.05, 4.69) is 0 Å². The van der Waals surface area contributed by atoms with E-state index in [4.69, 9.17) is 4.18 Å². The van der Waals surface area contributed by atoms with Crippen LogP contribution >= 0.6 is 0 Å². The van der Waals surface area contributed by atoms with Crippen LogP contribution in [-0.4, -0.2) is 36.4 Å². The van der Waals surface area contributed by atoms with Gasteiger partial charge in [-0.05, 0) is 42.2 Å². The largest absolute Gasteiger partial charge is 0.480 e. The molecule has 1 aliphatic heterocycles. The molecule has 0 amide bonds. The molecule has 0 radical (unpaired) electrons. The van der Waals surface area contributed by atoms with E-state index in [1.165, 1.54) is 0 Å². The molecule has 0 saturated carbocycles. The molecule has 1 saturated heterocycles. The van der Waals surface area contributed by atoms with Crippen LogP contribution in [0.15, 0.2) is 42.5 Å². The van der Waals surface area contributed by atoms with Crippen molar-refractivity contribution < 1.29 is 22.5 Å². The molecule has 0 aliphatic carbocycles. The number of hydrogen-bond acceptors (Lipinski definition) is 4.